The van der Waals surface area contributed by atoms with E-state index in [1.54, 1.807) is 29.1 Å². The molecule has 7 heteroatoms. The number of aromatic amines is 1. The molecule has 2 heterocycles. The molecule has 0 atom stereocenters. The van der Waals surface area contributed by atoms with Crippen LogP contribution in [-0.4, -0.2) is 25.9 Å². The molecular formula is C20H23N5OS. The summed E-state index contributed by atoms with van der Waals surface area (Å²) in [5, 5.41) is 0.928. The van der Waals surface area contributed by atoms with Crippen LogP contribution in [0.2, 0.25) is 0 Å². The van der Waals surface area contributed by atoms with E-state index in [1.807, 2.05) is 30.3 Å². The zero-order valence-electron chi connectivity index (χ0n) is 15.4. The Bertz CT molecular complexity index is 880. The summed E-state index contributed by atoms with van der Waals surface area (Å²) in [6.07, 6.45) is 3.43. The second-order valence-corrected chi connectivity index (χ2v) is 7.59. The van der Waals surface area contributed by atoms with Gasteiger partial charge in [0.05, 0.1) is 12.2 Å². The van der Waals surface area contributed by atoms with Crippen LogP contribution >= 0.6 is 11.8 Å². The van der Waals surface area contributed by atoms with Crippen LogP contribution in [0, 0.1) is 0 Å². The summed E-state index contributed by atoms with van der Waals surface area (Å²) >= 11 is 1.62. The molecule has 0 aliphatic carbocycles. The average Bonchev–Trinajstić information content (AvgIpc) is 3.05. The SMILES string of the molecule is CC(C)c1[nH]c(CN(Cc2cccnc2)C(N)=O)nc1Sc1ccccc1. The number of nitrogens with zero attached hydrogens (tertiary/aromatic N) is 3. The number of aromatic nitrogens is 3. The summed E-state index contributed by atoms with van der Waals surface area (Å²) in [5.41, 5.74) is 7.56. The zero-order valence-corrected chi connectivity index (χ0v) is 16.2. The Morgan fingerprint density at radius 2 is 1.96 bits per heavy atom. The lowest BCUT2D eigenvalue weighted by molar-refractivity contribution is 0.200. The van der Waals surface area contributed by atoms with Crippen LogP contribution in [-0.2, 0) is 13.1 Å². The van der Waals surface area contributed by atoms with E-state index in [9.17, 15) is 4.79 Å². The number of pyridine rings is 1. The Labute approximate surface area is 163 Å². The van der Waals surface area contributed by atoms with E-state index in [1.165, 1.54) is 0 Å². The van der Waals surface area contributed by atoms with E-state index < -0.39 is 6.03 Å². The van der Waals surface area contributed by atoms with Crippen LogP contribution in [0.5, 0.6) is 0 Å². The summed E-state index contributed by atoms with van der Waals surface area (Å²) in [6, 6.07) is 13.4. The van der Waals surface area contributed by atoms with Gasteiger partial charge in [-0.3, -0.25) is 4.98 Å². The molecule has 0 spiro atoms. The first kappa shape index (κ1) is 19.0. The van der Waals surface area contributed by atoms with E-state index >= 15 is 0 Å². The highest BCUT2D eigenvalue weighted by Crippen LogP contribution is 2.32. The van der Waals surface area contributed by atoms with Crippen molar-refractivity contribution < 1.29 is 4.79 Å². The number of carbonyl (C=O) groups is 1. The first-order chi connectivity index (χ1) is 13.0. The van der Waals surface area contributed by atoms with E-state index in [2.05, 4.69) is 35.9 Å². The molecule has 0 radical (unpaired) electrons. The predicted octanol–water partition coefficient (Wildman–Crippen LogP) is 4.16. The monoisotopic (exact) mass is 381 g/mol. The lowest BCUT2D eigenvalue weighted by Crippen LogP contribution is -2.35. The van der Waals surface area contributed by atoms with Crippen molar-refractivity contribution in [2.45, 2.75) is 42.8 Å². The lowest BCUT2D eigenvalue weighted by Gasteiger charge is -2.19. The van der Waals surface area contributed by atoms with Crippen molar-refractivity contribution in [3.05, 3.63) is 71.9 Å². The molecular weight excluding hydrogens is 358 g/mol. The number of hydrogen-bond donors (Lipinski definition) is 2. The highest BCUT2D eigenvalue weighted by Gasteiger charge is 2.18. The molecule has 0 bridgehead atoms. The van der Waals surface area contributed by atoms with Crippen LogP contribution < -0.4 is 5.73 Å². The molecule has 27 heavy (non-hydrogen) atoms. The molecule has 3 N–H and O–H groups in total. The molecule has 140 valence electrons. The third kappa shape index (κ3) is 5.10. The Morgan fingerprint density at radius 1 is 1.19 bits per heavy atom. The molecule has 3 rings (SSSR count). The third-order valence-corrected chi connectivity index (χ3v) is 5.04. The molecule has 2 aromatic heterocycles. The van der Waals surface area contributed by atoms with Gasteiger partial charge in [0.25, 0.3) is 0 Å². The quantitative estimate of drug-likeness (QED) is 0.643. The van der Waals surface area contributed by atoms with Gasteiger partial charge in [0.2, 0.25) is 0 Å². The number of nitrogens with two attached hydrogens (primary N) is 1. The number of rotatable bonds is 7. The minimum atomic E-state index is -0.487. The number of primary amides is 1. The number of amides is 2. The van der Waals surface area contributed by atoms with Crippen LogP contribution in [0.4, 0.5) is 4.79 Å². The number of benzene rings is 1. The molecule has 2 amide bonds. The first-order valence-electron chi connectivity index (χ1n) is 8.78. The molecule has 1 aromatic carbocycles. The second-order valence-electron chi connectivity index (χ2n) is 6.53. The molecule has 0 aliphatic heterocycles. The van der Waals surface area contributed by atoms with Crippen LogP contribution in [0.3, 0.4) is 0 Å². The molecule has 0 aliphatic rings. The largest absolute Gasteiger partial charge is 0.351 e. The smallest absolute Gasteiger partial charge is 0.315 e. The topological polar surface area (TPSA) is 87.9 Å². The summed E-state index contributed by atoms with van der Waals surface area (Å²) in [6.45, 7) is 4.95. The highest BCUT2D eigenvalue weighted by atomic mass is 32.2. The summed E-state index contributed by atoms with van der Waals surface area (Å²) in [4.78, 5) is 26.8. The predicted molar refractivity (Wildman–Crippen MR) is 106 cm³/mol. The maximum absolute atomic E-state index is 11.9. The zero-order chi connectivity index (χ0) is 19.2. The minimum Gasteiger partial charge on any atom is -0.351 e. The number of carbonyl (C=O) groups excluding carboxylic acids is 1. The molecule has 3 aromatic rings. The van der Waals surface area contributed by atoms with Crippen LogP contribution in [0.25, 0.3) is 0 Å². The van der Waals surface area contributed by atoms with Gasteiger partial charge in [-0.05, 0) is 29.7 Å². The van der Waals surface area contributed by atoms with Gasteiger partial charge >= 0.3 is 6.03 Å². The van der Waals surface area contributed by atoms with Crippen LogP contribution in [0.15, 0.2) is 64.8 Å². The Morgan fingerprint density at radius 3 is 2.59 bits per heavy atom. The summed E-state index contributed by atoms with van der Waals surface area (Å²) in [5.74, 6) is 1.01. The van der Waals surface area contributed by atoms with Gasteiger partial charge in [0.15, 0.2) is 0 Å². The van der Waals surface area contributed by atoms with Gasteiger partial charge < -0.3 is 15.6 Å². The Balaban J connectivity index is 1.80. The van der Waals surface area contributed by atoms with E-state index in [4.69, 9.17) is 10.7 Å². The van der Waals surface area contributed by atoms with Gasteiger partial charge in [-0.2, -0.15) is 0 Å². The minimum absolute atomic E-state index is 0.290. The van der Waals surface area contributed by atoms with E-state index in [-0.39, 0.29) is 5.92 Å². The van der Waals surface area contributed by atoms with E-state index in [0.29, 0.717) is 13.1 Å². The second kappa shape index (κ2) is 8.73. The van der Waals surface area contributed by atoms with Crippen molar-refractivity contribution in [3.63, 3.8) is 0 Å². The normalized spacial score (nSPS) is 10.9. The molecule has 0 saturated heterocycles. The van der Waals surface area contributed by atoms with Gasteiger partial charge in [0.1, 0.15) is 10.9 Å². The number of H-pyrrole nitrogens is 1. The van der Waals surface area contributed by atoms with Gasteiger partial charge in [0, 0.05) is 23.8 Å². The molecule has 6 nitrogen and oxygen atoms in total. The number of nitrogens with one attached hydrogen (secondary N) is 1. The van der Waals surface area contributed by atoms with Crippen molar-refractivity contribution in [1.82, 2.24) is 19.9 Å². The van der Waals surface area contributed by atoms with Gasteiger partial charge in [-0.1, -0.05) is 49.9 Å². The van der Waals surface area contributed by atoms with Crippen molar-refractivity contribution in [2.24, 2.45) is 5.73 Å². The average molecular weight is 382 g/mol. The Hall–Kier alpha value is -2.80. The maximum Gasteiger partial charge on any atom is 0.315 e. The standard InChI is InChI=1S/C20H23N5OS/c1-14(2)18-19(27-16-8-4-3-5-9-16)24-17(23-18)13-25(20(21)26)12-15-7-6-10-22-11-15/h3-11,14H,12-13H2,1-2H3,(H2,21,26)(H,23,24). The summed E-state index contributed by atoms with van der Waals surface area (Å²) in [7, 11) is 0. The Kier molecular flexibility index (Phi) is 6.13. The van der Waals surface area contributed by atoms with Crippen molar-refractivity contribution in [2.75, 3.05) is 0 Å². The number of hydrogen-bond acceptors (Lipinski definition) is 4. The number of urea groups is 1. The third-order valence-electron chi connectivity index (χ3n) is 4.03. The molecule has 0 saturated carbocycles. The molecule has 0 unspecified atom stereocenters. The maximum atomic E-state index is 11.9. The fourth-order valence-corrected chi connectivity index (χ4v) is 3.74. The van der Waals surface area contributed by atoms with Crippen molar-refractivity contribution in [3.8, 4) is 0 Å². The lowest BCUT2D eigenvalue weighted by atomic mass is 10.2. The fourth-order valence-electron chi connectivity index (χ4n) is 2.67. The van der Waals surface area contributed by atoms with Gasteiger partial charge in [-0.15, -0.1) is 0 Å². The van der Waals surface area contributed by atoms with Crippen molar-refractivity contribution >= 4 is 17.8 Å². The fraction of sp³-hybridized carbons (Fsp3) is 0.250. The van der Waals surface area contributed by atoms with Crippen LogP contribution in [0.1, 0.15) is 36.8 Å². The van der Waals surface area contributed by atoms with Gasteiger partial charge in [-0.25, -0.2) is 9.78 Å². The first-order valence-corrected chi connectivity index (χ1v) is 9.59. The molecule has 0 fully saturated rings. The summed E-state index contributed by atoms with van der Waals surface area (Å²) < 4.78 is 0. The highest BCUT2D eigenvalue weighted by molar-refractivity contribution is 7.99. The number of imidazole rings is 1. The van der Waals surface area contributed by atoms with Crippen molar-refractivity contribution in [1.29, 1.82) is 0 Å². The van der Waals surface area contributed by atoms with E-state index in [0.717, 1.165) is 27.0 Å².